The van der Waals surface area contributed by atoms with Crippen molar-refractivity contribution in [2.75, 3.05) is 13.6 Å². The molecule has 0 aliphatic rings. The molecule has 1 atom stereocenters. The minimum Gasteiger partial charge on any atom is -0.303 e. The summed E-state index contributed by atoms with van der Waals surface area (Å²) in [7, 11) is 2.09. The van der Waals surface area contributed by atoms with Crippen LogP contribution < -0.4 is 0 Å². The molecule has 1 unspecified atom stereocenters. The summed E-state index contributed by atoms with van der Waals surface area (Å²) in [6.45, 7) is 8.04. The van der Waals surface area contributed by atoms with Crippen LogP contribution in [0.3, 0.4) is 0 Å². The summed E-state index contributed by atoms with van der Waals surface area (Å²) in [4.78, 5) is 13.5. The van der Waals surface area contributed by atoms with E-state index in [1.54, 1.807) is 0 Å². The van der Waals surface area contributed by atoms with Crippen LogP contribution in [-0.2, 0) is 11.3 Å². The summed E-state index contributed by atoms with van der Waals surface area (Å²) in [6.07, 6.45) is 3.12. The lowest BCUT2D eigenvalue weighted by Gasteiger charge is -2.29. The zero-order valence-electron chi connectivity index (χ0n) is 12.1. The minimum atomic E-state index is -0.216. The molecule has 0 amide bonds. The van der Waals surface area contributed by atoms with Crippen LogP contribution in [0.4, 0.5) is 0 Å². The van der Waals surface area contributed by atoms with Crippen LogP contribution in [0.2, 0.25) is 0 Å². The Morgan fingerprint density at radius 2 is 2.00 bits per heavy atom. The van der Waals surface area contributed by atoms with Crippen molar-refractivity contribution in [2.24, 2.45) is 5.41 Å². The van der Waals surface area contributed by atoms with Gasteiger partial charge in [0.15, 0.2) is 0 Å². The summed E-state index contributed by atoms with van der Waals surface area (Å²) in [6, 6.07) is 8.42. The number of hydrogen-bond donors (Lipinski definition) is 0. The van der Waals surface area contributed by atoms with Gasteiger partial charge in [-0.05, 0) is 31.5 Å². The van der Waals surface area contributed by atoms with Crippen LogP contribution in [-0.4, -0.2) is 24.8 Å². The summed E-state index contributed by atoms with van der Waals surface area (Å²) >= 11 is 0. The fourth-order valence-electron chi connectivity index (χ4n) is 2.50. The van der Waals surface area contributed by atoms with Crippen LogP contribution in [0, 0.1) is 12.3 Å². The van der Waals surface area contributed by atoms with E-state index in [1.807, 2.05) is 0 Å². The van der Waals surface area contributed by atoms with Crippen molar-refractivity contribution in [3.8, 4) is 0 Å². The molecule has 2 nitrogen and oxygen atoms in total. The molecule has 0 bridgehead atoms. The van der Waals surface area contributed by atoms with Gasteiger partial charge in [-0.2, -0.15) is 0 Å². The first-order chi connectivity index (χ1) is 8.50. The highest BCUT2D eigenvalue weighted by Gasteiger charge is 2.24. The standard InChI is InChI=1S/C16H25NO/c1-5-10-16(3,13-18)12-17(4)11-15-9-7-6-8-14(15)2/h6-9,13H,5,10-12H2,1-4H3. The lowest BCUT2D eigenvalue weighted by molar-refractivity contribution is -0.116. The molecule has 100 valence electrons. The number of carbonyl (C=O) groups excluding carboxylic acids is 1. The Hall–Kier alpha value is -1.15. The number of benzene rings is 1. The average molecular weight is 247 g/mol. The van der Waals surface area contributed by atoms with Crippen molar-refractivity contribution in [1.29, 1.82) is 0 Å². The van der Waals surface area contributed by atoms with Gasteiger partial charge in [-0.3, -0.25) is 0 Å². The van der Waals surface area contributed by atoms with E-state index in [4.69, 9.17) is 0 Å². The first kappa shape index (κ1) is 14.9. The normalized spacial score (nSPS) is 14.5. The fourth-order valence-corrected chi connectivity index (χ4v) is 2.50. The van der Waals surface area contributed by atoms with Crippen LogP contribution >= 0.6 is 0 Å². The number of aryl methyl sites for hydroxylation is 1. The topological polar surface area (TPSA) is 20.3 Å². The molecule has 0 saturated heterocycles. The minimum absolute atomic E-state index is 0.216. The third kappa shape index (κ3) is 4.26. The molecule has 0 heterocycles. The number of hydrogen-bond acceptors (Lipinski definition) is 2. The molecule has 0 spiro atoms. The van der Waals surface area contributed by atoms with E-state index in [0.29, 0.717) is 0 Å². The maximum atomic E-state index is 11.2. The molecule has 1 aromatic carbocycles. The predicted octanol–water partition coefficient (Wildman–Crippen LogP) is 3.43. The van der Waals surface area contributed by atoms with E-state index in [1.165, 1.54) is 11.1 Å². The predicted molar refractivity (Wildman–Crippen MR) is 76.6 cm³/mol. The van der Waals surface area contributed by atoms with Crippen LogP contribution in [0.15, 0.2) is 24.3 Å². The second kappa shape index (κ2) is 6.69. The van der Waals surface area contributed by atoms with Crippen molar-refractivity contribution in [3.63, 3.8) is 0 Å². The van der Waals surface area contributed by atoms with Gasteiger partial charge in [-0.15, -0.1) is 0 Å². The lowest BCUT2D eigenvalue weighted by Crippen LogP contribution is -2.34. The highest BCUT2D eigenvalue weighted by Crippen LogP contribution is 2.22. The van der Waals surface area contributed by atoms with Crippen molar-refractivity contribution in [3.05, 3.63) is 35.4 Å². The fraction of sp³-hybridized carbons (Fsp3) is 0.562. The van der Waals surface area contributed by atoms with Crippen molar-refractivity contribution in [2.45, 2.75) is 40.2 Å². The molecular weight excluding hydrogens is 222 g/mol. The van der Waals surface area contributed by atoms with Crippen molar-refractivity contribution < 1.29 is 4.79 Å². The molecule has 0 N–H and O–H groups in total. The van der Waals surface area contributed by atoms with E-state index < -0.39 is 0 Å². The smallest absolute Gasteiger partial charge is 0.127 e. The van der Waals surface area contributed by atoms with Gasteiger partial charge in [-0.1, -0.05) is 44.5 Å². The molecule has 1 rings (SSSR count). The van der Waals surface area contributed by atoms with Crippen LogP contribution in [0.25, 0.3) is 0 Å². The molecule has 0 fully saturated rings. The van der Waals surface area contributed by atoms with Gasteiger partial charge in [0, 0.05) is 18.5 Å². The Bertz CT molecular complexity index is 388. The van der Waals surface area contributed by atoms with Gasteiger partial charge in [0.1, 0.15) is 6.29 Å². The first-order valence-electron chi connectivity index (χ1n) is 6.70. The SMILES string of the molecule is CCCC(C)(C=O)CN(C)Cc1ccccc1C. The monoisotopic (exact) mass is 247 g/mol. The van der Waals surface area contributed by atoms with Crippen molar-refractivity contribution in [1.82, 2.24) is 4.90 Å². The van der Waals surface area contributed by atoms with Gasteiger partial charge >= 0.3 is 0 Å². The Morgan fingerprint density at radius 3 is 2.56 bits per heavy atom. The Balaban J connectivity index is 2.63. The number of aldehydes is 1. The lowest BCUT2D eigenvalue weighted by atomic mass is 9.87. The average Bonchev–Trinajstić information content (AvgIpc) is 2.32. The number of nitrogens with zero attached hydrogens (tertiary/aromatic N) is 1. The second-order valence-corrected chi connectivity index (χ2v) is 5.62. The van der Waals surface area contributed by atoms with Gasteiger partial charge in [-0.25, -0.2) is 0 Å². The molecule has 2 heteroatoms. The summed E-state index contributed by atoms with van der Waals surface area (Å²) in [5, 5.41) is 0. The molecule has 0 saturated carbocycles. The third-order valence-corrected chi connectivity index (χ3v) is 3.44. The highest BCUT2D eigenvalue weighted by atomic mass is 16.1. The van der Waals surface area contributed by atoms with E-state index >= 15 is 0 Å². The number of carbonyl (C=O) groups is 1. The molecule has 18 heavy (non-hydrogen) atoms. The van der Waals surface area contributed by atoms with E-state index in [0.717, 1.165) is 32.2 Å². The van der Waals surface area contributed by atoms with Gasteiger partial charge in [0.25, 0.3) is 0 Å². The molecule has 1 aromatic rings. The third-order valence-electron chi connectivity index (χ3n) is 3.44. The van der Waals surface area contributed by atoms with Gasteiger partial charge in [0.2, 0.25) is 0 Å². The summed E-state index contributed by atoms with van der Waals surface area (Å²) < 4.78 is 0. The molecule has 0 radical (unpaired) electrons. The second-order valence-electron chi connectivity index (χ2n) is 5.62. The molecule has 0 aromatic heterocycles. The largest absolute Gasteiger partial charge is 0.303 e. The Kier molecular flexibility index (Phi) is 5.54. The quantitative estimate of drug-likeness (QED) is 0.688. The number of rotatable bonds is 7. The molecule has 0 aliphatic carbocycles. The maximum absolute atomic E-state index is 11.2. The van der Waals surface area contributed by atoms with E-state index in [-0.39, 0.29) is 5.41 Å². The van der Waals surface area contributed by atoms with Crippen molar-refractivity contribution >= 4 is 6.29 Å². The molecular formula is C16H25NO. The zero-order chi connectivity index (χ0) is 13.6. The molecule has 0 aliphatic heterocycles. The van der Waals surface area contributed by atoms with E-state index in [2.05, 4.69) is 57.0 Å². The van der Waals surface area contributed by atoms with Crippen LogP contribution in [0.5, 0.6) is 0 Å². The van der Waals surface area contributed by atoms with E-state index in [9.17, 15) is 4.79 Å². The summed E-state index contributed by atoms with van der Waals surface area (Å²) in [5.74, 6) is 0. The van der Waals surface area contributed by atoms with Crippen LogP contribution in [0.1, 0.15) is 37.8 Å². The van der Waals surface area contributed by atoms with Gasteiger partial charge in [0.05, 0.1) is 0 Å². The van der Waals surface area contributed by atoms with Gasteiger partial charge < -0.3 is 9.69 Å². The first-order valence-corrected chi connectivity index (χ1v) is 6.70. The Labute approximate surface area is 111 Å². The highest BCUT2D eigenvalue weighted by molar-refractivity contribution is 5.59. The zero-order valence-corrected chi connectivity index (χ0v) is 12.1. The summed E-state index contributed by atoms with van der Waals surface area (Å²) in [5.41, 5.74) is 2.43. The maximum Gasteiger partial charge on any atom is 0.127 e. The Morgan fingerprint density at radius 1 is 1.33 bits per heavy atom.